The lowest BCUT2D eigenvalue weighted by Gasteiger charge is -2.11. The number of carbonyl (C=O) groups is 2. The fourth-order valence-electron chi connectivity index (χ4n) is 2.45. The summed E-state index contributed by atoms with van der Waals surface area (Å²) in [4.78, 5) is 23.7. The average molecular weight is 374 g/mol. The van der Waals surface area contributed by atoms with Gasteiger partial charge >= 0.3 is 11.9 Å². The van der Waals surface area contributed by atoms with Crippen LogP contribution >= 0.6 is 0 Å². The summed E-state index contributed by atoms with van der Waals surface area (Å²) < 4.78 is 25.6. The molecule has 7 heteroatoms. The minimum atomic E-state index is -0.500. The fourth-order valence-corrected chi connectivity index (χ4v) is 2.45. The van der Waals surface area contributed by atoms with Crippen molar-refractivity contribution in [2.24, 2.45) is 0 Å². The van der Waals surface area contributed by atoms with Gasteiger partial charge in [0.25, 0.3) is 0 Å². The molecule has 0 atom stereocenters. The lowest BCUT2D eigenvalue weighted by atomic mass is 10.1. The predicted molar refractivity (Wildman–Crippen MR) is 97.8 cm³/mol. The lowest BCUT2D eigenvalue weighted by Crippen LogP contribution is -2.10. The highest BCUT2D eigenvalue weighted by Gasteiger charge is 2.15. The molecule has 0 aliphatic heterocycles. The van der Waals surface area contributed by atoms with E-state index in [1.165, 1.54) is 32.4 Å². The van der Waals surface area contributed by atoms with E-state index in [0.717, 1.165) is 5.56 Å². The van der Waals surface area contributed by atoms with Gasteiger partial charge < -0.3 is 23.7 Å². The molecule has 0 unspecified atom stereocenters. The van der Waals surface area contributed by atoms with Gasteiger partial charge in [0, 0.05) is 6.42 Å². The highest BCUT2D eigenvalue weighted by molar-refractivity contribution is 5.90. The van der Waals surface area contributed by atoms with E-state index < -0.39 is 11.9 Å². The number of aryl methyl sites for hydroxylation is 1. The molecule has 0 radical (unpaired) electrons. The summed E-state index contributed by atoms with van der Waals surface area (Å²) >= 11 is 0. The van der Waals surface area contributed by atoms with Gasteiger partial charge in [0.05, 0.1) is 34.0 Å². The second-order valence-electron chi connectivity index (χ2n) is 5.52. The first kappa shape index (κ1) is 20.1. The zero-order chi connectivity index (χ0) is 19.8. The van der Waals surface area contributed by atoms with Crippen molar-refractivity contribution in [3.05, 3.63) is 47.5 Å². The summed E-state index contributed by atoms with van der Waals surface area (Å²) in [5.41, 5.74) is 1.22. The van der Waals surface area contributed by atoms with Crippen molar-refractivity contribution in [2.75, 3.05) is 28.4 Å². The molecule has 144 valence electrons. The van der Waals surface area contributed by atoms with Crippen molar-refractivity contribution in [3.63, 3.8) is 0 Å². The molecule has 0 aliphatic carbocycles. The van der Waals surface area contributed by atoms with Gasteiger partial charge in [0.2, 0.25) is 0 Å². The van der Waals surface area contributed by atoms with Crippen LogP contribution in [0.1, 0.15) is 22.3 Å². The molecule has 0 aromatic heterocycles. The SMILES string of the molecule is COC(=O)c1ccc(OC(=O)CCc2ccc(OC)c(OC)c2)c(OC)c1. The molecule has 0 spiro atoms. The van der Waals surface area contributed by atoms with E-state index in [1.54, 1.807) is 20.3 Å². The lowest BCUT2D eigenvalue weighted by molar-refractivity contribution is -0.134. The number of hydrogen-bond acceptors (Lipinski definition) is 7. The quantitative estimate of drug-likeness (QED) is 0.519. The minimum Gasteiger partial charge on any atom is -0.493 e. The van der Waals surface area contributed by atoms with E-state index in [1.807, 2.05) is 12.1 Å². The Morgan fingerprint density at radius 2 is 1.41 bits per heavy atom. The predicted octanol–water partition coefficient (Wildman–Crippen LogP) is 3.04. The van der Waals surface area contributed by atoms with Crippen LogP contribution < -0.4 is 18.9 Å². The van der Waals surface area contributed by atoms with Crippen LogP contribution in [-0.4, -0.2) is 40.4 Å². The Labute approximate surface area is 157 Å². The molecule has 0 saturated heterocycles. The fraction of sp³-hybridized carbons (Fsp3) is 0.300. The standard InChI is InChI=1S/C20H22O7/c1-23-15-8-5-13(11-17(15)24-2)6-10-19(21)27-16-9-7-14(20(22)26-4)12-18(16)25-3/h5,7-9,11-12H,6,10H2,1-4H3. The molecule has 2 aromatic carbocycles. The zero-order valence-corrected chi connectivity index (χ0v) is 15.7. The van der Waals surface area contributed by atoms with Crippen molar-refractivity contribution in [1.82, 2.24) is 0 Å². The van der Waals surface area contributed by atoms with E-state index in [4.69, 9.17) is 18.9 Å². The molecule has 0 amide bonds. The smallest absolute Gasteiger partial charge is 0.337 e. The summed E-state index contributed by atoms with van der Waals surface area (Å²) in [6.45, 7) is 0. The monoisotopic (exact) mass is 374 g/mol. The molecule has 0 fully saturated rings. The Morgan fingerprint density at radius 3 is 2.04 bits per heavy atom. The molecule has 2 aromatic rings. The van der Waals surface area contributed by atoms with Gasteiger partial charge in [-0.3, -0.25) is 4.79 Å². The Bertz CT molecular complexity index is 814. The maximum Gasteiger partial charge on any atom is 0.337 e. The number of benzene rings is 2. The first-order valence-electron chi connectivity index (χ1n) is 8.20. The van der Waals surface area contributed by atoms with Crippen LogP contribution in [0, 0.1) is 0 Å². The topological polar surface area (TPSA) is 80.3 Å². The molecule has 0 heterocycles. The van der Waals surface area contributed by atoms with Crippen LogP contribution in [0.2, 0.25) is 0 Å². The Balaban J connectivity index is 2.02. The number of ether oxygens (including phenoxy) is 5. The summed E-state index contributed by atoms with van der Waals surface area (Å²) in [6.07, 6.45) is 0.638. The third kappa shape index (κ3) is 5.13. The van der Waals surface area contributed by atoms with Crippen molar-refractivity contribution in [2.45, 2.75) is 12.8 Å². The maximum atomic E-state index is 12.2. The van der Waals surface area contributed by atoms with E-state index in [-0.39, 0.29) is 17.9 Å². The molecule has 2 rings (SSSR count). The van der Waals surface area contributed by atoms with E-state index >= 15 is 0 Å². The summed E-state index contributed by atoms with van der Waals surface area (Å²) in [5.74, 6) is 0.816. The minimum absolute atomic E-state index is 0.164. The highest BCUT2D eigenvalue weighted by Crippen LogP contribution is 2.30. The number of methoxy groups -OCH3 is 4. The molecule has 0 bridgehead atoms. The maximum absolute atomic E-state index is 12.2. The van der Waals surface area contributed by atoms with Gasteiger partial charge in [-0.1, -0.05) is 6.07 Å². The first-order valence-corrected chi connectivity index (χ1v) is 8.20. The van der Waals surface area contributed by atoms with Crippen LogP contribution in [0.5, 0.6) is 23.0 Å². The normalized spacial score (nSPS) is 10.1. The second kappa shape index (κ2) is 9.47. The molecular weight excluding hydrogens is 352 g/mol. The Hall–Kier alpha value is -3.22. The second-order valence-corrected chi connectivity index (χ2v) is 5.52. The largest absolute Gasteiger partial charge is 0.493 e. The number of rotatable bonds is 8. The number of esters is 2. The summed E-state index contributed by atoms with van der Waals surface area (Å²) in [5, 5.41) is 0. The van der Waals surface area contributed by atoms with Crippen molar-refractivity contribution >= 4 is 11.9 Å². The summed E-state index contributed by atoms with van der Waals surface area (Å²) in [6, 6.07) is 9.93. The number of hydrogen-bond donors (Lipinski definition) is 0. The summed E-state index contributed by atoms with van der Waals surface area (Å²) in [7, 11) is 5.84. The Morgan fingerprint density at radius 1 is 0.778 bits per heavy atom. The molecule has 0 saturated carbocycles. The zero-order valence-electron chi connectivity index (χ0n) is 15.7. The van der Waals surface area contributed by atoms with Crippen molar-refractivity contribution in [1.29, 1.82) is 0 Å². The third-order valence-corrected chi connectivity index (χ3v) is 3.87. The van der Waals surface area contributed by atoms with Gasteiger partial charge in [0.1, 0.15) is 0 Å². The van der Waals surface area contributed by atoms with Crippen LogP contribution in [0.4, 0.5) is 0 Å². The van der Waals surface area contributed by atoms with E-state index in [0.29, 0.717) is 23.5 Å². The van der Waals surface area contributed by atoms with Gasteiger partial charge in [0.15, 0.2) is 23.0 Å². The van der Waals surface area contributed by atoms with Crippen molar-refractivity contribution < 1.29 is 33.3 Å². The average Bonchev–Trinajstić information content (AvgIpc) is 2.71. The van der Waals surface area contributed by atoms with Gasteiger partial charge in [-0.05, 0) is 42.3 Å². The van der Waals surface area contributed by atoms with Gasteiger partial charge in [-0.15, -0.1) is 0 Å². The third-order valence-electron chi connectivity index (χ3n) is 3.87. The van der Waals surface area contributed by atoms with Crippen molar-refractivity contribution in [3.8, 4) is 23.0 Å². The van der Waals surface area contributed by atoms with Crippen LogP contribution in [0.3, 0.4) is 0 Å². The highest BCUT2D eigenvalue weighted by atomic mass is 16.6. The molecule has 0 aliphatic rings. The van der Waals surface area contributed by atoms with Crippen LogP contribution in [0.15, 0.2) is 36.4 Å². The van der Waals surface area contributed by atoms with Crippen LogP contribution in [-0.2, 0) is 16.0 Å². The van der Waals surface area contributed by atoms with E-state index in [2.05, 4.69) is 4.74 Å². The van der Waals surface area contributed by atoms with E-state index in [9.17, 15) is 9.59 Å². The Kier molecular flexibility index (Phi) is 7.05. The molecule has 7 nitrogen and oxygen atoms in total. The molecule has 0 N–H and O–H groups in total. The van der Waals surface area contributed by atoms with Crippen LogP contribution in [0.25, 0.3) is 0 Å². The van der Waals surface area contributed by atoms with Gasteiger partial charge in [-0.25, -0.2) is 4.79 Å². The number of carbonyl (C=O) groups excluding carboxylic acids is 2. The molecule has 27 heavy (non-hydrogen) atoms. The van der Waals surface area contributed by atoms with Gasteiger partial charge in [-0.2, -0.15) is 0 Å². The molecular formula is C20H22O7. The first-order chi connectivity index (χ1) is 13.0.